The molecule has 0 bridgehead atoms. The van der Waals surface area contributed by atoms with Gasteiger partial charge in [0.05, 0.1) is 13.2 Å². The van der Waals surface area contributed by atoms with Crippen LogP contribution < -0.4 is 11.2 Å². The Morgan fingerprint density at radius 1 is 1.52 bits per heavy atom. The van der Waals surface area contributed by atoms with Crippen molar-refractivity contribution in [1.82, 2.24) is 9.55 Å². The summed E-state index contributed by atoms with van der Waals surface area (Å²) in [7, 11) is 0. The summed E-state index contributed by atoms with van der Waals surface area (Å²) in [6, 6.07) is 0. The molecule has 1 aromatic heterocycles. The summed E-state index contributed by atoms with van der Waals surface area (Å²) in [5.41, 5.74) is -0.541. The quantitative estimate of drug-likeness (QED) is 0.770. The first-order valence-electron chi connectivity index (χ1n) is 6.66. The zero-order chi connectivity index (χ0) is 15.4. The number of aromatic amines is 1. The maximum absolute atomic E-state index is 11.9. The minimum absolute atomic E-state index is 0.0585. The van der Waals surface area contributed by atoms with E-state index in [-0.39, 0.29) is 13.2 Å². The molecule has 1 aliphatic heterocycles. The lowest BCUT2D eigenvalue weighted by Crippen LogP contribution is -2.36. The number of carbonyl (C=O) groups excluding carboxylic acids is 1. The number of rotatable bonds is 3. The van der Waals surface area contributed by atoms with E-state index >= 15 is 0 Å². The van der Waals surface area contributed by atoms with Crippen molar-refractivity contribution in [2.45, 2.75) is 32.6 Å². The molecule has 8 nitrogen and oxygen atoms in total. The van der Waals surface area contributed by atoms with Crippen molar-refractivity contribution in [3.8, 4) is 0 Å². The first-order valence-corrected chi connectivity index (χ1v) is 6.66. The number of H-pyrrole nitrogens is 1. The van der Waals surface area contributed by atoms with Gasteiger partial charge in [0.15, 0.2) is 0 Å². The van der Waals surface area contributed by atoms with E-state index in [9.17, 15) is 14.4 Å². The number of aryl methyl sites for hydroxylation is 1. The molecule has 2 atom stereocenters. The predicted octanol–water partition coefficient (Wildman–Crippen LogP) is -0.288. The molecule has 0 aliphatic carbocycles. The highest BCUT2D eigenvalue weighted by molar-refractivity contribution is 5.65. The third-order valence-electron chi connectivity index (χ3n) is 3.09. The van der Waals surface area contributed by atoms with E-state index in [2.05, 4.69) is 4.98 Å². The topological polar surface area (TPSA) is 99.6 Å². The molecule has 2 rings (SSSR count). The number of nitrogens with zero attached hydrogens (tertiary/aromatic N) is 1. The lowest BCUT2D eigenvalue weighted by molar-refractivity contribution is -0.149. The lowest BCUT2D eigenvalue weighted by Gasteiger charge is -2.22. The smallest absolute Gasteiger partial charge is 0.330 e. The van der Waals surface area contributed by atoms with Gasteiger partial charge in [-0.15, -0.1) is 0 Å². The molecule has 21 heavy (non-hydrogen) atoms. The normalized spacial score (nSPS) is 22.6. The van der Waals surface area contributed by atoms with Gasteiger partial charge in [-0.2, -0.15) is 0 Å². The summed E-state index contributed by atoms with van der Waals surface area (Å²) < 4.78 is 17.4. The van der Waals surface area contributed by atoms with Crippen LogP contribution in [0.5, 0.6) is 0 Å². The molecule has 1 N–H and O–H groups in total. The molecule has 0 aromatic carbocycles. The molecule has 1 aromatic rings. The summed E-state index contributed by atoms with van der Waals surface area (Å²) >= 11 is 0. The second-order valence-corrected chi connectivity index (χ2v) is 4.86. The average molecular weight is 298 g/mol. The average Bonchev–Trinajstić information content (AvgIpc) is 2.66. The number of aromatic nitrogens is 2. The van der Waals surface area contributed by atoms with Crippen molar-refractivity contribution in [1.29, 1.82) is 0 Å². The van der Waals surface area contributed by atoms with Gasteiger partial charge < -0.3 is 14.2 Å². The Bertz CT molecular complexity index is 620. The number of hydrogen-bond donors (Lipinski definition) is 1. The molecule has 1 saturated heterocycles. The van der Waals surface area contributed by atoms with Crippen LogP contribution in [0.4, 0.5) is 0 Å². The third-order valence-corrected chi connectivity index (χ3v) is 3.09. The largest absolute Gasteiger partial charge is 0.463 e. The van der Waals surface area contributed by atoms with E-state index in [1.807, 2.05) is 0 Å². The lowest BCUT2D eigenvalue weighted by atomic mass is 10.3. The highest BCUT2D eigenvalue weighted by atomic mass is 16.6. The van der Waals surface area contributed by atoms with Crippen molar-refractivity contribution >= 4 is 5.97 Å². The van der Waals surface area contributed by atoms with Gasteiger partial charge in [-0.3, -0.25) is 19.1 Å². The monoisotopic (exact) mass is 298 g/mol. The zero-order valence-corrected chi connectivity index (χ0v) is 12.0. The van der Waals surface area contributed by atoms with Crippen molar-refractivity contribution in [2.24, 2.45) is 0 Å². The van der Waals surface area contributed by atoms with Gasteiger partial charge >= 0.3 is 11.7 Å². The first-order chi connectivity index (χ1) is 9.97. The van der Waals surface area contributed by atoms with Crippen molar-refractivity contribution in [3.63, 3.8) is 0 Å². The van der Waals surface area contributed by atoms with E-state index in [0.717, 1.165) is 0 Å². The molecule has 1 aliphatic rings. The second kappa shape index (κ2) is 6.68. The van der Waals surface area contributed by atoms with Crippen molar-refractivity contribution in [3.05, 3.63) is 32.6 Å². The Kier molecular flexibility index (Phi) is 4.92. The molecule has 2 unspecified atom stereocenters. The molecule has 0 spiro atoms. The van der Waals surface area contributed by atoms with Gasteiger partial charge in [-0.1, -0.05) is 0 Å². The predicted molar refractivity (Wildman–Crippen MR) is 72.0 cm³/mol. The van der Waals surface area contributed by atoms with Crippen LogP contribution in [0.25, 0.3) is 0 Å². The Hall–Kier alpha value is -1.93. The Balaban J connectivity index is 2.18. The van der Waals surface area contributed by atoms with Crippen LogP contribution in [0.3, 0.4) is 0 Å². The minimum atomic E-state index is -0.573. The van der Waals surface area contributed by atoms with Crippen molar-refractivity contribution < 1.29 is 19.0 Å². The van der Waals surface area contributed by atoms with Gasteiger partial charge in [0.1, 0.15) is 18.9 Å². The highest BCUT2D eigenvalue weighted by Gasteiger charge is 2.24. The van der Waals surface area contributed by atoms with Crippen molar-refractivity contribution in [2.75, 3.05) is 19.8 Å². The number of carbonyl (C=O) groups is 1. The number of nitrogens with one attached hydrogen (secondary N) is 1. The van der Waals surface area contributed by atoms with E-state index in [4.69, 9.17) is 14.2 Å². The molecule has 0 saturated carbocycles. The Morgan fingerprint density at radius 3 is 3.00 bits per heavy atom. The Labute approximate surface area is 120 Å². The number of hydrogen-bond acceptors (Lipinski definition) is 6. The van der Waals surface area contributed by atoms with Gasteiger partial charge in [0.25, 0.3) is 5.56 Å². The third kappa shape index (κ3) is 4.02. The summed E-state index contributed by atoms with van der Waals surface area (Å²) in [6.45, 7) is 3.67. The molecular formula is C13H18N2O6. The highest BCUT2D eigenvalue weighted by Crippen LogP contribution is 2.18. The first kappa shape index (κ1) is 15.5. The maximum atomic E-state index is 11.9. The second-order valence-electron chi connectivity index (χ2n) is 4.86. The van der Waals surface area contributed by atoms with Gasteiger partial charge in [-0.25, -0.2) is 4.79 Å². The molecule has 8 heteroatoms. The fourth-order valence-corrected chi connectivity index (χ4v) is 2.03. The van der Waals surface area contributed by atoms with Crippen LogP contribution in [0, 0.1) is 6.92 Å². The van der Waals surface area contributed by atoms with E-state index in [1.165, 1.54) is 17.7 Å². The molecule has 0 radical (unpaired) electrons. The van der Waals surface area contributed by atoms with Gasteiger partial charge in [0.2, 0.25) is 0 Å². The zero-order valence-electron chi connectivity index (χ0n) is 12.0. The van der Waals surface area contributed by atoms with E-state index in [1.54, 1.807) is 6.92 Å². The van der Waals surface area contributed by atoms with Crippen LogP contribution in [0.2, 0.25) is 0 Å². The van der Waals surface area contributed by atoms with Crippen LogP contribution in [-0.2, 0) is 19.0 Å². The van der Waals surface area contributed by atoms with Gasteiger partial charge in [-0.05, 0) is 6.92 Å². The fourth-order valence-electron chi connectivity index (χ4n) is 2.03. The Morgan fingerprint density at radius 2 is 2.29 bits per heavy atom. The summed E-state index contributed by atoms with van der Waals surface area (Å²) in [5, 5.41) is 0. The summed E-state index contributed by atoms with van der Waals surface area (Å²) in [6.07, 6.45) is 0.888. The van der Waals surface area contributed by atoms with Gasteiger partial charge in [0, 0.05) is 25.1 Å². The molecule has 116 valence electrons. The number of esters is 1. The van der Waals surface area contributed by atoms with Crippen LogP contribution >= 0.6 is 0 Å². The molecule has 0 amide bonds. The standard InChI is InChI=1S/C13H18N2O6/c1-8-5-15(13(18)14-12(8)17)11-3-4-19-6-10(21-11)7-20-9(2)16/h5,10-11H,3-4,6-7H2,1-2H3,(H,14,17,18). The SMILES string of the molecule is CC(=O)OCC1COCCC(n2cc(C)c(=O)[nH]c2=O)O1. The minimum Gasteiger partial charge on any atom is -0.463 e. The van der Waals surface area contributed by atoms with Crippen LogP contribution in [0.15, 0.2) is 15.8 Å². The molecular weight excluding hydrogens is 280 g/mol. The fraction of sp³-hybridized carbons (Fsp3) is 0.615. The van der Waals surface area contributed by atoms with E-state index in [0.29, 0.717) is 18.6 Å². The van der Waals surface area contributed by atoms with E-state index < -0.39 is 29.6 Å². The molecule has 1 fully saturated rings. The van der Waals surface area contributed by atoms with Crippen LogP contribution in [-0.4, -0.2) is 41.4 Å². The number of ether oxygens (including phenoxy) is 3. The maximum Gasteiger partial charge on any atom is 0.330 e. The van der Waals surface area contributed by atoms with Crippen LogP contribution in [0.1, 0.15) is 25.1 Å². The summed E-state index contributed by atoms with van der Waals surface area (Å²) in [4.78, 5) is 36.4. The summed E-state index contributed by atoms with van der Waals surface area (Å²) in [5.74, 6) is -0.406. The molecule has 2 heterocycles.